The number of unbranched alkanes of at least 4 members (excludes halogenated alkanes) is 5. The van der Waals surface area contributed by atoms with Gasteiger partial charge in [-0.1, -0.05) is 0 Å². The van der Waals surface area contributed by atoms with E-state index in [2.05, 4.69) is 39.6 Å². The van der Waals surface area contributed by atoms with Crippen LogP contribution < -0.4 is 5.32 Å². The molecule has 0 heterocycles. The van der Waals surface area contributed by atoms with Crippen LogP contribution in [0.2, 0.25) is 0 Å². The van der Waals surface area contributed by atoms with Crippen molar-refractivity contribution in [1.29, 1.82) is 0 Å². The van der Waals surface area contributed by atoms with Crippen LogP contribution in [0, 0.1) is 0 Å². The number of nitrogens with zero attached hydrogens (tertiary/aromatic N) is 7. The maximum atomic E-state index is 9.33. The van der Waals surface area contributed by atoms with Crippen molar-refractivity contribution < 1.29 is 56.2 Å². The zero-order valence-electron chi connectivity index (χ0n) is 43.9. The molecule has 0 amide bonds. The van der Waals surface area contributed by atoms with Crippen molar-refractivity contribution in [3.8, 4) is 0 Å². The fraction of sp³-hybridized carbons (Fsp3) is 1.00. The molecule has 0 atom stereocenters. The van der Waals surface area contributed by atoms with Crippen molar-refractivity contribution in [3.63, 3.8) is 0 Å². The summed E-state index contributed by atoms with van der Waals surface area (Å²) in [5, 5.41) is 104. The molecule has 0 saturated heterocycles. The molecule has 0 saturated carbocycles. The van der Waals surface area contributed by atoms with E-state index in [0.29, 0.717) is 0 Å². The minimum absolute atomic E-state index is 0.161. The minimum atomic E-state index is 0.161. The molecular formula is C50H112N8O11. The molecule has 0 aromatic heterocycles. The number of rotatable bonds is 56. The van der Waals surface area contributed by atoms with Crippen molar-refractivity contribution in [2.24, 2.45) is 0 Å². The van der Waals surface area contributed by atoms with E-state index >= 15 is 0 Å². The molecule has 0 rings (SSSR count). The Morgan fingerprint density at radius 1 is 0.159 bits per heavy atom. The van der Waals surface area contributed by atoms with Crippen LogP contribution in [-0.4, -0.2) is 314 Å². The molecule has 0 unspecified atom stereocenters. The van der Waals surface area contributed by atoms with Gasteiger partial charge in [0.15, 0.2) is 0 Å². The SMILES string of the molecule is OCCCCNCCN(CCCCO)CCN(CCCCO)CCN(CCCCO)CCCCO.OCCCN(CCCO)CCN(CCCO)CCN(CCCO)CCN(CCCO)CCCO. The van der Waals surface area contributed by atoms with Gasteiger partial charge in [-0.3, -0.25) is 0 Å². The summed E-state index contributed by atoms with van der Waals surface area (Å²) >= 11 is 0. The van der Waals surface area contributed by atoms with Gasteiger partial charge in [0.25, 0.3) is 0 Å². The Morgan fingerprint density at radius 3 is 0.551 bits per heavy atom. The van der Waals surface area contributed by atoms with Gasteiger partial charge in [-0.05, 0) is 135 Å². The summed E-state index contributed by atoms with van der Waals surface area (Å²) in [6.07, 6.45) is 13.4. The second-order valence-corrected chi connectivity index (χ2v) is 18.3. The molecule has 69 heavy (non-hydrogen) atoms. The highest BCUT2D eigenvalue weighted by molar-refractivity contribution is 4.71. The van der Waals surface area contributed by atoms with E-state index in [1.165, 1.54) is 0 Å². The van der Waals surface area contributed by atoms with E-state index < -0.39 is 0 Å². The van der Waals surface area contributed by atoms with Crippen LogP contribution in [0.15, 0.2) is 0 Å². The average Bonchev–Trinajstić information content (AvgIpc) is 3.36. The number of nitrogens with one attached hydrogen (secondary N) is 1. The summed E-state index contributed by atoms with van der Waals surface area (Å²) in [4.78, 5) is 16.7. The Bertz CT molecular complexity index is 904. The first-order valence-electron chi connectivity index (χ1n) is 27.3. The van der Waals surface area contributed by atoms with Gasteiger partial charge in [-0.2, -0.15) is 0 Å². The van der Waals surface area contributed by atoms with Crippen LogP contribution in [-0.2, 0) is 0 Å². The second-order valence-electron chi connectivity index (χ2n) is 18.3. The molecule has 0 aromatic rings. The van der Waals surface area contributed by atoms with E-state index in [0.717, 1.165) is 253 Å². The molecule has 0 aliphatic heterocycles. The molecule has 0 spiro atoms. The van der Waals surface area contributed by atoms with Gasteiger partial charge in [0.2, 0.25) is 0 Å². The van der Waals surface area contributed by atoms with Gasteiger partial charge in [0.05, 0.1) is 0 Å². The Labute approximate surface area is 420 Å². The van der Waals surface area contributed by atoms with E-state index in [-0.39, 0.29) is 72.7 Å². The second kappa shape index (κ2) is 58.1. The van der Waals surface area contributed by atoms with Crippen molar-refractivity contribution in [1.82, 2.24) is 39.6 Å². The molecule has 0 aliphatic carbocycles. The maximum Gasteiger partial charge on any atom is 0.0443 e. The Morgan fingerprint density at radius 2 is 0.333 bits per heavy atom. The number of hydrogen-bond donors (Lipinski definition) is 12. The topological polar surface area (TPSA) is 257 Å². The van der Waals surface area contributed by atoms with Crippen LogP contribution in [0.1, 0.15) is 103 Å². The minimum Gasteiger partial charge on any atom is -0.396 e. The highest BCUT2D eigenvalue weighted by atomic mass is 16.3. The van der Waals surface area contributed by atoms with E-state index in [9.17, 15) is 20.4 Å². The van der Waals surface area contributed by atoms with Gasteiger partial charge in [-0.15, -0.1) is 0 Å². The molecule has 0 aliphatic rings. The van der Waals surface area contributed by atoms with Crippen LogP contribution in [0.4, 0.5) is 0 Å². The zero-order chi connectivity index (χ0) is 51.1. The lowest BCUT2D eigenvalue weighted by molar-refractivity contribution is 0.137. The molecule has 19 heteroatoms. The lowest BCUT2D eigenvalue weighted by atomic mass is 10.2. The van der Waals surface area contributed by atoms with E-state index in [4.69, 9.17) is 35.7 Å². The van der Waals surface area contributed by atoms with Gasteiger partial charge < -0.3 is 95.8 Å². The monoisotopic (exact) mass is 1000 g/mol. The maximum absolute atomic E-state index is 9.33. The lowest BCUT2D eigenvalue weighted by Gasteiger charge is -2.31. The number of aliphatic hydroxyl groups is 11. The smallest absolute Gasteiger partial charge is 0.0443 e. The predicted octanol–water partition coefficient (Wildman–Crippen LogP) is -1.17. The molecule has 19 nitrogen and oxygen atoms in total. The summed E-state index contributed by atoms with van der Waals surface area (Å²) < 4.78 is 0. The fourth-order valence-electron chi connectivity index (χ4n) is 8.04. The molecule has 0 fully saturated rings. The summed E-state index contributed by atoms with van der Waals surface area (Å²) in [6.45, 7) is 22.9. The third-order valence-electron chi connectivity index (χ3n) is 12.4. The first kappa shape index (κ1) is 70.3. The highest BCUT2D eigenvalue weighted by Crippen LogP contribution is 2.06. The first-order valence-corrected chi connectivity index (χ1v) is 27.3. The average molecular weight is 1000 g/mol. The molecule has 0 radical (unpaired) electrons. The number of aliphatic hydroxyl groups excluding tert-OH is 11. The third-order valence-corrected chi connectivity index (χ3v) is 12.4. The Kier molecular flexibility index (Phi) is 59.2. The fourth-order valence-corrected chi connectivity index (χ4v) is 8.04. The van der Waals surface area contributed by atoms with Crippen molar-refractivity contribution in [2.75, 3.05) is 223 Å². The summed E-state index contributed by atoms with van der Waals surface area (Å²) in [5.74, 6) is 0. The standard InChI is InChI=1S/C26H58N4O5.C24H54N4O6/c31-22-6-1-11-27-12-17-29(15-4-9-25-34)19-21-30(16-5-10-26-35)20-18-28(13-2-7-23-32)14-3-8-24-33;29-19-1-7-25(8-2-20-30)13-15-27(11-5-23-33)17-18-28(12-6-24-34)16-14-26(9-3-21-31)10-4-22-32/h27,31-35H,1-26H2;29-34H,1-24H2. The van der Waals surface area contributed by atoms with Gasteiger partial charge in [0.1, 0.15) is 0 Å². The Hall–Kier alpha value is -0.760. The normalized spacial score (nSPS) is 12.1. The van der Waals surface area contributed by atoms with Gasteiger partial charge in [-0.25, -0.2) is 0 Å². The zero-order valence-corrected chi connectivity index (χ0v) is 43.9. The van der Waals surface area contributed by atoms with E-state index in [1.54, 1.807) is 0 Å². The highest BCUT2D eigenvalue weighted by Gasteiger charge is 2.15. The third kappa shape index (κ3) is 49.2. The molecular weight excluding hydrogens is 889 g/mol. The number of hydrogen-bond acceptors (Lipinski definition) is 19. The molecule has 418 valence electrons. The lowest BCUT2D eigenvalue weighted by Crippen LogP contribution is -2.43. The van der Waals surface area contributed by atoms with Gasteiger partial charge in [0, 0.05) is 190 Å². The quantitative estimate of drug-likeness (QED) is 0.0321. The van der Waals surface area contributed by atoms with Crippen LogP contribution in [0.5, 0.6) is 0 Å². The molecule has 0 bridgehead atoms. The molecule has 0 aromatic carbocycles. The van der Waals surface area contributed by atoms with Gasteiger partial charge >= 0.3 is 0 Å². The van der Waals surface area contributed by atoms with E-state index in [1.807, 2.05) is 0 Å². The van der Waals surface area contributed by atoms with Crippen LogP contribution in [0.3, 0.4) is 0 Å². The van der Waals surface area contributed by atoms with Crippen LogP contribution >= 0.6 is 0 Å². The summed E-state index contributed by atoms with van der Waals surface area (Å²) in [5.41, 5.74) is 0. The summed E-state index contributed by atoms with van der Waals surface area (Å²) in [7, 11) is 0. The summed E-state index contributed by atoms with van der Waals surface area (Å²) in [6, 6.07) is 0. The van der Waals surface area contributed by atoms with Crippen molar-refractivity contribution in [3.05, 3.63) is 0 Å². The largest absolute Gasteiger partial charge is 0.396 e. The van der Waals surface area contributed by atoms with Crippen LogP contribution in [0.25, 0.3) is 0 Å². The Balaban J connectivity index is 0. The first-order chi connectivity index (χ1) is 33.9. The predicted molar refractivity (Wildman–Crippen MR) is 280 cm³/mol. The van der Waals surface area contributed by atoms with Crippen molar-refractivity contribution >= 4 is 0 Å². The molecule has 12 N–H and O–H groups in total. The van der Waals surface area contributed by atoms with Crippen molar-refractivity contribution in [2.45, 2.75) is 103 Å².